The lowest BCUT2D eigenvalue weighted by Crippen LogP contribution is -2.48. The first-order valence-electron chi connectivity index (χ1n) is 6.52. The largest absolute Gasteiger partial charge is 0.317 e. The molecule has 4 aliphatic rings. The lowest BCUT2D eigenvalue weighted by Gasteiger charge is -2.38. The molecule has 2 fully saturated rings. The summed E-state index contributed by atoms with van der Waals surface area (Å²) in [4.78, 5) is 37.9. The van der Waals surface area contributed by atoms with Crippen LogP contribution in [0.3, 0.4) is 0 Å². The quantitative estimate of drug-likeness (QED) is 0.657. The number of hydrogen-bond acceptors (Lipinski definition) is 3. The zero-order chi connectivity index (χ0) is 13.4. The second kappa shape index (κ2) is 3.56. The third kappa shape index (κ3) is 1.32. The molecule has 1 spiro atoms. The average Bonchev–Trinajstić information content (AvgIpc) is 3.13. The van der Waals surface area contributed by atoms with Crippen LogP contribution in [0.4, 0.5) is 0 Å². The highest BCUT2D eigenvalue weighted by molar-refractivity contribution is 14.1. The summed E-state index contributed by atoms with van der Waals surface area (Å²) >= 11 is 2.12. The van der Waals surface area contributed by atoms with Gasteiger partial charge in [-0.3, -0.25) is 14.4 Å². The Hall–Kier alpha value is -0.980. The molecular formula is C14H12INO3. The summed E-state index contributed by atoms with van der Waals surface area (Å²) in [6, 6.07) is 0. The SMILES string of the molecule is O=C1C=C[C@]23C(C4CC4)=C(I)C(=O)N2CC(=O)[C@H]3C1. The molecule has 0 unspecified atom stereocenters. The van der Waals surface area contributed by atoms with Crippen molar-refractivity contribution in [1.82, 2.24) is 4.90 Å². The minimum Gasteiger partial charge on any atom is -0.317 e. The maximum Gasteiger partial charge on any atom is 0.261 e. The van der Waals surface area contributed by atoms with Gasteiger partial charge in [-0.1, -0.05) is 6.08 Å². The van der Waals surface area contributed by atoms with Gasteiger partial charge in [-0.25, -0.2) is 0 Å². The highest BCUT2D eigenvalue weighted by Crippen LogP contribution is 2.57. The van der Waals surface area contributed by atoms with Gasteiger partial charge < -0.3 is 4.90 Å². The van der Waals surface area contributed by atoms with E-state index in [4.69, 9.17) is 0 Å². The van der Waals surface area contributed by atoms with E-state index in [9.17, 15) is 14.4 Å². The Kier molecular flexibility index (Phi) is 2.21. The topological polar surface area (TPSA) is 54.5 Å². The predicted molar refractivity (Wildman–Crippen MR) is 75.5 cm³/mol. The highest BCUT2D eigenvalue weighted by atomic mass is 127. The van der Waals surface area contributed by atoms with Crippen LogP contribution < -0.4 is 0 Å². The van der Waals surface area contributed by atoms with Gasteiger partial charge in [-0.05, 0) is 53.0 Å². The summed E-state index contributed by atoms with van der Waals surface area (Å²) in [5.41, 5.74) is 0.512. The van der Waals surface area contributed by atoms with E-state index in [0.29, 0.717) is 5.92 Å². The molecule has 5 heteroatoms. The Morgan fingerprint density at radius 2 is 2.00 bits per heavy atom. The molecule has 4 nitrogen and oxygen atoms in total. The first-order chi connectivity index (χ1) is 9.05. The number of ketones is 2. The van der Waals surface area contributed by atoms with Crippen molar-refractivity contribution < 1.29 is 14.4 Å². The number of carbonyl (C=O) groups is 3. The number of halogens is 1. The minimum atomic E-state index is -0.597. The molecule has 98 valence electrons. The molecule has 0 N–H and O–H groups in total. The van der Waals surface area contributed by atoms with Gasteiger partial charge in [-0.15, -0.1) is 0 Å². The molecule has 1 saturated carbocycles. The van der Waals surface area contributed by atoms with Crippen molar-refractivity contribution in [3.8, 4) is 0 Å². The zero-order valence-corrected chi connectivity index (χ0v) is 12.3. The number of Topliss-reactive ketones (excluding diaryl/α,β-unsaturated/α-hetero) is 1. The first kappa shape index (κ1) is 11.8. The number of allylic oxidation sites excluding steroid dienone is 1. The van der Waals surface area contributed by atoms with Gasteiger partial charge in [0.1, 0.15) is 0 Å². The van der Waals surface area contributed by atoms with Gasteiger partial charge in [0.15, 0.2) is 11.6 Å². The van der Waals surface area contributed by atoms with E-state index in [0.717, 1.165) is 22.0 Å². The number of hydrogen-bond donors (Lipinski definition) is 0. The molecule has 2 heterocycles. The van der Waals surface area contributed by atoms with Crippen LogP contribution in [0.5, 0.6) is 0 Å². The molecule has 0 aromatic carbocycles. The number of carbonyl (C=O) groups excluding carboxylic acids is 3. The molecule has 0 aromatic rings. The highest BCUT2D eigenvalue weighted by Gasteiger charge is 2.64. The van der Waals surface area contributed by atoms with E-state index in [1.54, 1.807) is 11.0 Å². The number of rotatable bonds is 1. The third-order valence-electron chi connectivity index (χ3n) is 4.70. The minimum absolute atomic E-state index is 0.00432. The summed E-state index contributed by atoms with van der Waals surface area (Å²) < 4.78 is 0.775. The van der Waals surface area contributed by atoms with Crippen LogP contribution in [0.1, 0.15) is 19.3 Å². The summed E-state index contributed by atoms with van der Waals surface area (Å²) in [6.45, 7) is 0.157. The van der Waals surface area contributed by atoms with Gasteiger partial charge in [0.25, 0.3) is 5.91 Å². The van der Waals surface area contributed by atoms with Crippen molar-refractivity contribution in [3.63, 3.8) is 0 Å². The van der Waals surface area contributed by atoms with Gasteiger partial charge in [0, 0.05) is 6.42 Å². The van der Waals surface area contributed by atoms with Crippen LogP contribution >= 0.6 is 22.6 Å². The fourth-order valence-corrected chi connectivity index (χ4v) is 4.91. The van der Waals surface area contributed by atoms with E-state index >= 15 is 0 Å². The summed E-state index contributed by atoms with van der Waals surface area (Å²) in [6.07, 6.45) is 5.82. The Morgan fingerprint density at radius 1 is 1.26 bits per heavy atom. The van der Waals surface area contributed by atoms with Crippen LogP contribution in [0, 0.1) is 11.8 Å². The second-order valence-electron chi connectivity index (χ2n) is 5.74. The average molecular weight is 369 g/mol. The summed E-state index contributed by atoms with van der Waals surface area (Å²) in [5, 5.41) is 0. The molecule has 0 aromatic heterocycles. The van der Waals surface area contributed by atoms with Gasteiger partial charge in [0.05, 0.1) is 21.6 Å². The Balaban J connectivity index is 1.96. The van der Waals surface area contributed by atoms with E-state index in [2.05, 4.69) is 22.6 Å². The van der Waals surface area contributed by atoms with Gasteiger partial charge in [-0.2, -0.15) is 0 Å². The standard InChI is InChI=1S/C14H12INO3/c15-12-11(7-1-2-7)14-4-3-8(17)5-9(14)10(18)6-16(14)13(12)19/h3-4,7,9H,1-2,5-6H2/t9-,14+/m1/s1. The predicted octanol–water partition coefficient (Wildman–Crippen LogP) is 1.39. The molecule has 0 radical (unpaired) electrons. The molecule has 2 atom stereocenters. The van der Waals surface area contributed by atoms with Crippen molar-refractivity contribution >= 4 is 40.1 Å². The summed E-state index contributed by atoms with van der Waals surface area (Å²) in [5.74, 6) is 0.0738. The van der Waals surface area contributed by atoms with Crippen LogP contribution in [-0.2, 0) is 14.4 Å². The maximum atomic E-state index is 12.4. The Morgan fingerprint density at radius 3 is 2.68 bits per heavy atom. The van der Waals surface area contributed by atoms with Gasteiger partial charge in [0.2, 0.25) is 0 Å². The number of nitrogens with zero attached hydrogens (tertiary/aromatic N) is 1. The van der Waals surface area contributed by atoms with Crippen LogP contribution in [0.15, 0.2) is 21.3 Å². The molecule has 2 aliphatic carbocycles. The first-order valence-corrected chi connectivity index (χ1v) is 7.60. The van der Waals surface area contributed by atoms with E-state index in [1.165, 1.54) is 0 Å². The lowest BCUT2D eigenvalue weighted by atomic mass is 9.72. The van der Waals surface area contributed by atoms with Crippen molar-refractivity contribution in [2.24, 2.45) is 11.8 Å². The smallest absolute Gasteiger partial charge is 0.261 e. The molecule has 0 bridgehead atoms. The monoisotopic (exact) mass is 369 g/mol. The Bertz CT molecular complexity index is 602. The Labute approximate surface area is 124 Å². The van der Waals surface area contributed by atoms with Crippen LogP contribution in [0.25, 0.3) is 0 Å². The van der Waals surface area contributed by atoms with Crippen molar-refractivity contribution in [2.45, 2.75) is 24.8 Å². The molecule has 2 aliphatic heterocycles. The van der Waals surface area contributed by atoms with Crippen molar-refractivity contribution in [3.05, 3.63) is 21.3 Å². The molecule has 1 amide bonds. The fraction of sp³-hybridized carbons (Fsp3) is 0.500. The van der Waals surface area contributed by atoms with Crippen molar-refractivity contribution in [2.75, 3.05) is 6.54 Å². The van der Waals surface area contributed by atoms with Crippen LogP contribution in [0.2, 0.25) is 0 Å². The van der Waals surface area contributed by atoms with E-state index in [-0.39, 0.29) is 36.4 Å². The fourth-order valence-electron chi connectivity index (χ4n) is 3.75. The third-order valence-corrected chi connectivity index (χ3v) is 5.74. The number of amides is 1. The zero-order valence-electron chi connectivity index (χ0n) is 10.2. The van der Waals surface area contributed by atoms with Crippen LogP contribution in [-0.4, -0.2) is 34.5 Å². The normalized spacial score (nSPS) is 37.2. The van der Waals surface area contributed by atoms with E-state index < -0.39 is 5.54 Å². The molecule has 4 rings (SSSR count). The van der Waals surface area contributed by atoms with Gasteiger partial charge >= 0.3 is 0 Å². The van der Waals surface area contributed by atoms with Crippen molar-refractivity contribution in [1.29, 1.82) is 0 Å². The maximum absolute atomic E-state index is 12.4. The second-order valence-corrected chi connectivity index (χ2v) is 6.82. The lowest BCUT2D eigenvalue weighted by molar-refractivity contribution is -0.128. The molecular weight excluding hydrogens is 357 g/mol. The summed E-state index contributed by atoms with van der Waals surface area (Å²) in [7, 11) is 0. The van der Waals surface area contributed by atoms with E-state index in [1.807, 2.05) is 6.08 Å². The molecule has 19 heavy (non-hydrogen) atoms. The molecule has 1 saturated heterocycles.